The van der Waals surface area contributed by atoms with Crippen LogP contribution in [0.2, 0.25) is 0 Å². The van der Waals surface area contributed by atoms with E-state index >= 15 is 0 Å². The van der Waals surface area contributed by atoms with Crippen LogP contribution in [0.15, 0.2) is 84.9 Å². The molecule has 27 heavy (non-hydrogen) atoms. The van der Waals surface area contributed by atoms with Crippen molar-refractivity contribution in [3.63, 3.8) is 0 Å². The Kier molecular flexibility index (Phi) is 6.39. The number of methoxy groups -OCH3 is 1. The molecule has 0 saturated heterocycles. The Morgan fingerprint density at radius 3 is 1.70 bits per heavy atom. The lowest BCUT2D eigenvalue weighted by atomic mass is 9.82. The molecule has 138 valence electrons. The molecule has 3 aromatic carbocycles. The van der Waals surface area contributed by atoms with Crippen molar-refractivity contribution < 1.29 is 14.1 Å². The van der Waals surface area contributed by atoms with Crippen LogP contribution in [0.5, 0.6) is 0 Å². The summed E-state index contributed by atoms with van der Waals surface area (Å²) in [4.78, 5) is 11.8. The molecular weight excluding hydrogens is 355 g/mol. The molecule has 0 spiro atoms. The summed E-state index contributed by atoms with van der Waals surface area (Å²) < 4.78 is 10.9. The maximum atomic E-state index is 11.8. The van der Waals surface area contributed by atoms with Gasteiger partial charge in [-0.15, -0.1) is 0 Å². The smallest absolute Gasteiger partial charge is 0.337 e. The fraction of sp³-hybridized carbons (Fsp3) is 0.174. The first-order valence-electron chi connectivity index (χ1n) is 8.81. The summed E-state index contributed by atoms with van der Waals surface area (Å²) in [5, 5.41) is 0. The van der Waals surface area contributed by atoms with E-state index in [1.807, 2.05) is 48.5 Å². The van der Waals surface area contributed by atoms with Gasteiger partial charge in [-0.3, -0.25) is 0 Å². The van der Waals surface area contributed by atoms with Crippen molar-refractivity contribution in [1.29, 1.82) is 0 Å². The summed E-state index contributed by atoms with van der Waals surface area (Å²) in [5.41, 5.74) is 3.35. The molecule has 0 aliphatic carbocycles. The summed E-state index contributed by atoms with van der Waals surface area (Å²) in [6.07, 6.45) is 1.42. The molecule has 3 aromatic rings. The minimum atomic E-state index is -0.567. The summed E-state index contributed by atoms with van der Waals surface area (Å²) in [5.74, 6) is -0.343. The third-order valence-electron chi connectivity index (χ3n) is 4.72. The van der Waals surface area contributed by atoms with E-state index in [1.165, 1.54) is 18.2 Å². The summed E-state index contributed by atoms with van der Waals surface area (Å²) in [6, 6.07) is 28.0. The molecule has 0 aromatic heterocycles. The van der Waals surface area contributed by atoms with E-state index < -0.39 is 5.60 Å². The van der Waals surface area contributed by atoms with Crippen LogP contribution in [0, 0.1) is 0 Å². The molecule has 4 heteroatoms. The quantitative estimate of drug-likeness (QED) is 0.431. The van der Waals surface area contributed by atoms with Crippen molar-refractivity contribution in [2.45, 2.75) is 18.4 Å². The Balaban J connectivity index is 2.01. The Morgan fingerprint density at radius 1 is 0.815 bits per heavy atom. The number of carbonyl (C=O) groups is 1. The highest BCUT2D eigenvalue weighted by molar-refractivity contribution is 7.09. The van der Waals surface area contributed by atoms with Crippen molar-refractivity contribution in [2.24, 2.45) is 0 Å². The maximum Gasteiger partial charge on any atom is 0.337 e. The van der Waals surface area contributed by atoms with Crippen molar-refractivity contribution in [1.82, 2.24) is 0 Å². The summed E-state index contributed by atoms with van der Waals surface area (Å²) in [7, 11) is 3.82. The number of hydrogen-bond donors (Lipinski definition) is 0. The lowest BCUT2D eigenvalue weighted by Gasteiger charge is -2.33. The van der Waals surface area contributed by atoms with E-state index in [0.717, 1.165) is 5.56 Å². The van der Waals surface area contributed by atoms with E-state index in [-0.39, 0.29) is 5.97 Å². The second-order valence-corrected chi connectivity index (χ2v) is 6.74. The molecule has 0 heterocycles. The maximum absolute atomic E-state index is 11.8. The zero-order valence-electron chi connectivity index (χ0n) is 15.3. The van der Waals surface area contributed by atoms with Crippen LogP contribution in [-0.4, -0.2) is 13.1 Å². The number of esters is 1. The predicted molar refractivity (Wildman–Crippen MR) is 111 cm³/mol. The molecule has 0 radical (unpaired) electrons. The highest BCUT2D eigenvalue weighted by Gasteiger charge is 2.33. The van der Waals surface area contributed by atoms with Gasteiger partial charge in [-0.25, -0.2) is 4.79 Å². The van der Waals surface area contributed by atoms with Crippen LogP contribution in [0.4, 0.5) is 0 Å². The summed E-state index contributed by atoms with van der Waals surface area (Å²) >= 11 is 0. The second-order valence-electron chi connectivity index (χ2n) is 6.51. The number of carbonyl (C=O) groups excluding carboxylic acids is 1. The largest absolute Gasteiger partial charge is 0.465 e. The van der Waals surface area contributed by atoms with Gasteiger partial charge in [0.1, 0.15) is 5.60 Å². The molecule has 3 rings (SSSR count). The Morgan fingerprint density at radius 2 is 1.30 bits per heavy atom. The van der Waals surface area contributed by atoms with Crippen LogP contribution in [-0.2, 0) is 27.7 Å². The fourth-order valence-electron chi connectivity index (χ4n) is 3.30. The zero-order valence-corrected chi connectivity index (χ0v) is 16.5. The molecule has 0 aliphatic rings. The highest BCUT2D eigenvalue weighted by atomic mass is 31.0. The molecule has 0 N–H and O–H groups in total. The topological polar surface area (TPSA) is 35.5 Å². The third-order valence-corrected chi connectivity index (χ3v) is 5.17. The van der Waals surface area contributed by atoms with E-state index in [2.05, 4.69) is 33.7 Å². The lowest BCUT2D eigenvalue weighted by molar-refractivity contribution is 0.0599. The van der Waals surface area contributed by atoms with Crippen molar-refractivity contribution in [3.8, 4) is 0 Å². The molecule has 0 fully saturated rings. The molecule has 3 nitrogen and oxygen atoms in total. The predicted octanol–water partition coefficient (Wildman–Crippen LogP) is 4.96. The molecule has 1 atom stereocenters. The molecule has 0 amide bonds. The van der Waals surface area contributed by atoms with Gasteiger partial charge in [0.25, 0.3) is 0 Å². The van der Waals surface area contributed by atoms with Crippen LogP contribution in [0.25, 0.3) is 0 Å². The van der Waals surface area contributed by atoms with Gasteiger partial charge >= 0.3 is 5.97 Å². The highest BCUT2D eigenvalue weighted by Crippen LogP contribution is 2.36. The number of rotatable bonds is 7. The van der Waals surface area contributed by atoms with Gasteiger partial charge in [-0.1, -0.05) is 72.8 Å². The first-order valence-corrected chi connectivity index (χ1v) is 9.28. The zero-order chi connectivity index (χ0) is 19.1. The Hall–Kier alpha value is -2.48. The monoisotopic (exact) mass is 378 g/mol. The molecule has 0 aliphatic heterocycles. The third kappa shape index (κ3) is 4.63. The molecule has 0 bridgehead atoms. The standard InChI is InChI=1S/C23H23O3P/c1-25-22(24)20-12-14-21(15-13-20)23(26-27,16-18-8-4-2-5-9-18)17-19-10-6-3-7-11-19/h2-15H,16-17,27H2,1H3. The van der Waals surface area contributed by atoms with Crippen LogP contribution >= 0.6 is 9.47 Å². The van der Waals surface area contributed by atoms with Crippen molar-refractivity contribution in [2.75, 3.05) is 7.11 Å². The first kappa shape index (κ1) is 19.3. The van der Waals surface area contributed by atoms with Gasteiger partial charge in [0.15, 0.2) is 0 Å². The fourth-order valence-corrected chi connectivity index (χ4v) is 3.60. The van der Waals surface area contributed by atoms with E-state index in [4.69, 9.17) is 9.26 Å². The van der Waals surface area contributed by atoms with Crippen molar-refractivity contribution in [3.05, 3.63) is 107 Å². The normalized spacial score (nSPS) is 11.2. The van der Waals surface area contributed by atoms with E-state index in [1.54, 1.807) is 12.1 Å². The molecular formula is C23H23O3P. The Labute approximate surface area is 162 Å². The lowest BCUT2D eigenvalue weighted by Crippen LogP contribution is -2.32. The van der Waals surface area contributed by atoms with Crippen LogP contribution < -0.4 is 0 Å². The van der Waals surface area contributed by atoms with Gasteiger partial charge in [-0.2, -0.15) is 0 Å². The van der Waals surface area contributed by atoms with Gasteiger partial charge in [0.05, 0.1) is 12.7 Å². The van der Waals surface area contributed by atoms with E-state index in [0.29, 0.717) is 18.4 Å². The average molecular weight is 378 g/mol. The number of ether oxygens (including phenoxy) is 1. The van der Waals surface area contributed by atoms with Crippen LogP contribution in [0.3, 0.4) is 0 Å². The second kappa shape index (κ2) is 8.94. The molecule has 0 saturated carbocycles. The first-order chi connectivity index (χ1) is 13.2. The Bertz CT molecular complexity index is 820. The van der Waals surface area contributed by atoms with Gasteiger partial charge in [0.2, 0.25) is 0 Å². The minimum Gasteiger partial charge on any atom is -0.465 e. The van der Waals surface area contributed by atoms with E-state index in [9.17, 15) is 4.79 Å². The van der Waals surface area contributed by atoms with Crippen molar-refractivity contribution >= 4 is 15.4 Å². The van der Waals surface area contributed by atoms with Crippen LogP contribution in [0.1, 0.15) is 27.0 Å². The van der Waals surface area contributed by atoms with Gasteiger partial charge < -0.3 is 9.26 Å². The minimum absolute atomic E-state index is 0.343. The average Bonchev–Trinajstić information content (AvgIpc) is 2.74. The van der Waals surface area contributed by atoms with Gasteiger partial charge in [0, 0.05) is 22.3 Å². The molecule has 1 unspecified atom stereocenters. The van der Waals surface area contributed by atoms with Gasteiger partial charge in [-0.05, 0) is 28.8 Å². The number of hydrogen-bond acceptors (Lipinski definition) is 3. The summed E-state index contributed by atoms with van der Waals surface area (Å²) in [6.45, 7) is 0. The SMILES string of the molecule is COC(=O)c1ccc(C(Cc2ccccc2)(Cc2ccccc2)OP)cc1. The number of benzene rings is 3.